The number of hydrogen-bond acceptors (Lipinski definition) is 5. The Balaban J connectivity index is 2.72. The quantitative estimate of drug-likeness (QED) is 0.656. The first-order valence-electron chi connectivity index (χ1n) is 5.42. The van der Waals surface area contributed by atoms with Crippen molar-refractivity contribution in [3.8, 4) is 6.07 Å². The molecule has 2 amide bonds. The van der Waals surface area contributed by atoms with Crippen LogP contribution in [0.15, 0.2) is 0 Å². The normalized spacial score (nSPS) is 18.5. The molecule has 0 aromatic heterocycles. The molecule has 2 N–H and O–H groups in total. The topological polar surface area (TPSA) is 131 Å². The number of ether oxygens (including phenoxy) is 1. The van der Waals surface area contributed by atoms with Crippen LogP contribution < -0.4 is 0 Å². The van der Waals surface area contributed by atoms with E-state index in [1.54, 1.807) is 0 Å². The lowest BCUT2D eigenvalue weighted by Crippen LogP contribution is -2.52. The van der Waals surface area contributed by atoms with Gasteiger partial charge in [0.2, 0.25) is 0 Å². The molecule has 0 aromatic carbocycles. The number of carboxylic acid groups (broad SMARTS) is 2. The van der Waals surface area contributed by atoms with Crippen LogP contribution >= 0.6 is 0 Å². The van der Waals surface area contributed by atoms with Crippen LogP contribution in [-0.2, 0) is 14.3 Å². The average Bonchev–Trinajstić information content (AvgIpc) is 2.36. The van der Waals surface area contributed by atoms with Gasteiger partial charge in [0.05, 0.1) is 19.2 Å². The number of nitrogens with zero attached hydrogens (tertiary/aromatic N) is 3. The van der Waals surface area contributed by atoms with Crippen LogP contribution in [0.25, 0.3) is 0 Å². The Morgan fingerprint density at radius 1 is 1.32 bits per heavy atom. The van der Waals surface area contributed by atoms with Gasteiger partial charge in [0.15, 0.2) is 6.10 Å². The summed E-state index contributed by atoms with van der Waals surface area (Å²) in [6.45, 7) is -1.09. The van der Waals surface area contributed by atoms with Gasteiger partial charge in [-0.15, -0.1) is 0 Å². The molecule has 1 aliphatic heterocycles. The van der Waals surface area contributed by atoms with E-state index in [-0.39, 0.29) is 19.7 Å². The van der Waals surface area contributed by atoms with E-state index in [0.29, 0.717) is 4.90 Å². The lowest BCUT2D eigenvalue weighted by Gasteiger charge is -2.33. The van der Waals surface area contributed by atoms with E-state index in [1.165, 1.54) is 4.90 Å². The van der Waals surface area contributed by atoms with Gasteiger partial charge in [0.25, 0.3) is 0 Å². The molecule has 1 unspecified atom stereocenters. The van der Waals surface area contributed by atoms with Crippen molar-refractivity contribution in [3.05, 3.63) is 0 Å². The summed E-state index contributed by atoms with van der Waals surface area (Å²) in [4.78, 5) is 35.1. The zero-order valence-corrected chi connectivity index (χ0v) is 9.98. The molecular weight excluding hydrogens is 258 g/mol. The van der Waals surface area contributed by atoms with Crippen molar-refractivity contribution in [2.24, 2.45) is 0 Å². The minimum atomic E-state index is -1.31. The molecule has 9 heteroatoms. The van der Waals surface area contributed by atoms with Gasteiger partial charge in [0, 0.05) is 6.54 Å². The zero-order chi connectivity index (χ0) is 14.4. The summed E-state index contributed by atoms with van der Waals surface area (Å²) in [5.41, 5.74) is 0. The average molecular weight is 271 g/mol. The summed E-state index contributed by atoms with van der Waals surface area (Å²) in [5, 5.41) is 26.0. The standard InChI is InChI=1S/C10H13N3O6/c11-3-7-4-12(1-2-19-7)10(18)13(5-8(14)15)6-9(16)17/h7H,1-2,4-6H2,(H,14,15)(H,16,17). The molecule has 0 aromatic rings. The third-order valence-corrected chi connectivity index (χ3v) is 2.40. The fraction of sp³-hybridized carbons (Fsp3) is 0.600. The zero-order valence-electron chi connectivity index (χ0n) is 9.98. The molecule has 19 heavy (non-hydrogen) atoms. The van der Waals surface area contributed by atoms with Crippen LogP contribution in [0.4, 0.5) is 4.79 Å². The van der Waals surface area contributed by atoms with Crippen LogP contribution in [0.3, 0.4) is 0 Å². The maximum absolute atomic E-state index is 12.0. The number of amides is 2. The largest absolute Gasteiger partial charge is 0.480 e. The second-order valence-corrected chi connectivity index (χ2v) is 3.86. The predicted octanol–water partition coefficient (Wildman–Crippen LogP) is -1.20. The number of carbonyl (C=O) groups excluding carboxylic acids is 1. The van der Waals surface area contributed by atoms with Gasteiger partial charge in [-0.3, -0.25) is 9.59 Å². The second-order valence-electron chi connectivity index (χ2n) is 3.86. The van der Waals surface area contributed by atoms with E-state index in [0.717, 1.165) is 0 Å². The number of aliphatic carboxylic acids is 2. The summed E-state index contributed by atoms with van der Waals surface area (Å²) in [6, 6.07) is 1.11. The monoisotopic (exact) mass is 271 g/mol. The molecular formula is C10H13N3O6. The molecule has 1 heterocycles. The summed E-state index contributed by atoms with van der Waals surface area (Å²) in [6.07, 6.45) is -0.783. The Morgan fingerprint density at radius 2 is 1.89 bits per heavy atom. The molecule has 1 rings (SSSR count). The SMILES string of the molecule is N#CC1CN(C(=O)N(CC(=O)O)CC(=O)O)CCO1. The number of hydrogen-bond donors (Lipinski definition) is 2. The van der Waals surface area contributed by atoms with Gasteiger partial charge in [-0.2, -0.15) is 5.26 Å². The van der Waals surface area contributed by atoms with Gasteiger partial charge in [0.1, 0.15) is 13.1 Å². The molecule has 0 bridgehead atoms. The molecule has 1 aliphatic rings. The Bertz CT molecular complexity index is 402. The number of rotatable bonds is 4. The third-order valence-electron chi connectivity index (χ3n) is 2.40. The van der Waals surface area contributed by atoms with Crippen molar-refractivity contribution in [3.63, 3.8) is 0 Å². The molecule has 1 fully saturated rings. The van der Waals surface area contributed by atoms with Crippen LogP contribution in [0.5, 0.6) is 0 Å². The number of carboxylic acids is 2. The van der Waals surface area contributed by atoms with Crippen molar-refractivity contribution < 1.29 is 29.3 Å². The molecule has 0 radical (unpaired) electrons. The fourth-order valence-corrected chi connectivity index (χ4v) is 1.62. The number of carbonyl (C=O) groups is 3. The van der Waals surface area contributed by atoms with Crippen molar-refractivity contribution in [1.82, 2.24) is 9.80 Å². The highest BCUT2D eigenvalue weighted by Crippen LogP contribution is 2.08. The first-order valence-corrected chi connectivity index (χ1v) is 5.42. The maximum Gasteiger partial charge on any atom is 0.323 e. The van der Waals surface area contributed by atoms with Crippen molar-refractivity contribution >= 4 is 18.0 Å². The van der Waals surface area contributed by atoms with Crippen LogP contribution in [0, 0.1) is 11.3 Å². The smallest absolute Gasteiger partial charge is 0.323 e. The van der Waals surface area contributed by atoms with E-state index >= 15 is 0 Å². The predicted molar refractivity (Wildman–Crippen MR) is 59.2 cm³/mol. The van der Waals surface area contributed by atoms with E-state index in [4.69, 9.17) is 20.2 Å². The highest BCUT2D eigenvalue weighted by molar-refractivity contribution is 5.84. The fourth-order valence-electron chi connectivity index (χ4n) is 1.62. The van der Waals surface area contributed by atoms with Crippen LogP contribution in [-0.4, -0.2) is 76.9 Å². The highest BCUT2D eigenvalue weighted by atomic mass is 16.5. The number of urea groups is 1. The minimum Gasteiger partial charge on any atom is -0.480 e. The summed E-state index contributed by atoms with van der Waals surface area (Å²) < 4.78 is 5.04. The van der Waals surface area contributed by atoms with E-state index in [2.05, 4.69) is 0 Å². The molecule has 0 aliphatic carbocycles. The minimum absolute atomic E-state index is 0.00886. The lowest BCUT2D eigenvalue weighted by molar-refractivity contribution is -0.140. The van der Waals surface area contributed by atoms with Gasteiger partial charge < -0.3 is 24.7 Å². The van der Waals surface area contributed by atoms with E-state index in [9.17, 15) is 14.4 Å². The Kier molecular flexibility index (Phi) is 5.08. The van der Waals surface area contributed by atoms with E-state index in [1.807, 2.05) is 6.07 Å². The Labute approximate surface area is 108 Å². The lowest BCUT2D eigenvalue weighted by atomic mass is 10.3. The Hall–Kier alpha value is -2.34. The second kappa shape index (κ2) is 6.55. The van der Waals surface area contributed by atoms with Crippen molar-refractivity contribution in [1.29, 1.82) is 5.26 Å². The summed E-state index contributed by atoms with van der Waals surface area (Å²) in [5.74, 6) is -2.61. The molecule has 1 atom stereocenters. The van der Waals surface area contributed by atoms with E-state index < -0.39 is 37.2 Å². The molecule has 104 valence electrons. The number of nitriles is 1. The van der Waals surface area contributed by atoms with Gasteiger partial charge in [-0.05, 0) is 0 Å². The molecule has 1 saturated heterocycles. The van der Waals surface area contributed by atoms with Crippen molar-refractivity contribution in [2.75, 3.05) is 32.8 Å². The van der Waals surface area contributed by atoms with Crippen molar-refractivity contribution in [2.45, 2.75) is 6.10 Å². The third kappa shape index (κ3) is 4.44. The number of morpholine rings is 1. The van der Waals surface area contributed by atoms with Gasteiger partial charge in [-0.25, -0.2) is 4.79 Å². The summed E-state index contributed by atoms with van der Waals surface area (Å²) >= 11 is 0. The maximum atomic E-state index is 12.0. The summed E-state index contributed by atoms with van der Waals surface area (Å²) in [7, 11) is 0. The van der Waals surface area contributed by atoms with Crippen LogP contribution in [0.1, 0.15) is 0 Å². The van der Waals surface area contributed by atoms with Gasteiger partial charge in [-0.1, -0.05) is 0 Å². The first kappa shape index (κ1) is 14.7. The van der Waals surface area contributed by atoms with Gasteiger partial charge >= 0.3 is 18.0 Å². The first-order chi connectivity index (χ1) is 8.93. The van der Waals surface area contributed by atoms with Crippen LogP contribution in [0.2, 0.25) is 0 Å². The molecule has 0 saturated carbocycles. The highest BCUT2D eigenvalue weighted by Gasteiger charge is 2.29. The Morgan fingerprint density at radius 3 is 2.37 bits per heavy atom. The molecule has 9 nitrogen and oxygen atoms in total. The molecule has 0 spiro atoms.